The summed E-state index contributed by atoms with van der Waals surface area (Å²) in [6.45, 7) is 5.58. The molecule has 3 aromatic heterocycles. The zero-order valence-electron chi connectivity index (χ0n) is 14.0. The van der Waals surface area contributed by atoms with Crippen LogP contribution in [0.3, 0.4) is 0 Å². The molecule has 1 aliphatic rings. The van der Waals surface area contributed by atoms with Gasteiger partial charge >= 0.3 is 0 Å². The molecule has 0 bridgehead atoms. The molecule has 1 atom stereocenters. The molecular weight excluding hydrogens is 302 g/mol. The fourth-order valence-electron chi connectivity index (χ4n) is 3.41. The SMILES string of the molecule is Cc1ccn2cc(C(=O)N3CCC[C@H]3Cn3cc(C)cn3)nc2c1. The van der Waals surface area contributed by atoms with Crippen molar-refractivity contribution in [2.45, 2.75) is 39.3 Å². The van der Waals surface area contributed by atoms with Crippen LogP contribution in [0.15, 0.2) is 36.9 Å². The van der Waals surface area contributed by atoms with Crippen molar-refractivity contribution in [3.8, 4) is 0 Å². The third kappa shape index (κ3) is 2.68. The Kier molecular flexibility index (Phi) is 3.59. The van der Waals surface area contributed by atoms with E-state index in [0.717, 1.165) is 42.7 Å². The van der Waals surface area contributed by atoms with E-state index >= 15 is 0 Å². The van der Waals surface area contributed by atoms with Gasteiger partial charge in [0.1, 0.15) is 11.3 Å². The summed E-state index contributed by atoms with van der Waals surface area (Å²) in [6, 6.07) is 4.19. The molecule has 6 nitrogen and oxygen atoms in total. The predicted molar refractivity (Wildman–Crippen MR) is 91.0 cm³/mol. The first-order valence-electron chi connectivity index (χ1n) is 8.35. The number of amides is 1. The second kappa shape index (κ2) is 5.78. The molecule has 124 valence electrons. The van der Waals surface area contributed by atoms with Crippen LogP contribution < -0.4 is 0 Å². The van der Waals surface area contributed by atoms with Gasteiger partial charge in [-0.25, -0.2) is 4.98 Å². The Balaban J connectivity index is 1.57. The highest BCUT2D eigenvalue weighted by Crippen LogP contribution is 2.21. The van der Waals surface area contributed by atoms with E-state index in [4.69, 9.17) is 0 Å². The molecular formula is C18H21N5O. The summed E-state index contributed by atoms with van der Waals surface area (Å²) in [6.07, 6.45) is 9.69. The summed E-state index contributed by atoms with van der Waals surface area (Å²) in [5.41, 5.74) is 3.61. The molecule has 0 N–H and O–H groups in total. The monoisotopic (exact) mass is 323 g/mol. The molecule has 1 aliphatic heterocycles. The Labute approximate surface area is 140 Å². The molecule has 6 heteroatoms. The van der Waals surface area contributed by atoms with E-state index in [1.807, 2.05) is 64.7 Å². The summed E-state index contributed by atoms with van der Waals surface area (Å²) in [7, 11) is 0. The highest BCUT2D eigenvalue weighted by Gasteiger charge is 2.31. The number of aromatic nitrogens is 4. The number of carbonyl (C=O) groups is 1. The lowest BCUT2D eigenvalue weighted by molar-refractivity contribution is 0.0716. The quantitative estimate of drug-likeness (QED) is 0.744. The molecule has 1 amide bonds. The van der Waals surface area contributed by atoms with Crippen molar-refractivity contribution in [3.63, 3.8) is 0 Å². The molecule has 0 unspecified atom stereocenters. The van der Waals surface area contributed by atoms with Crippen molar-refractivity contribution in [3.05, 3.63) is 53.7 Å². The van der Waals surface area contributed by atoms with Gasteiger partial charge in [0.2, 0.25) is 0 Å². The maximum absolute atomic E-state index is 12.9. The minimum Gasteiger partial charge on any atom is -0.332 e. The maximum Gasteiger partial charge on any atom is 0.274 e. The van der Waals surface area contributed by atoms with Gasteiger partial charge in [-0.05, 0) is 49.9 Å². The van der Waals surface area contributed by atoms with E-state index in [9.17, 15) is 4.79 Å². The number of imidazole rings is 1. The number of nitrogens with zero attached hydrogens (tertiary/aromatic N) is 5. The molecule has 0 spiro atoms. The van der Waals surface area contributed by atoms with Gasteiger partial charge in [0, 0.05) is 25.1 Å². The average molecular weight is 323 g/mol. The van der Waals surface area contributed by atoms with Gasteiger partial charge < -0.3 is 9.30 Å². The molecule has 0 radical (unpaired) electrons. The normalized spacial score (nSPS) is 17.8. The third-order valence-electron chi connectivity index (χ3n) is 4.63. The predicted octanol–water partition coefficient (Wildman–Crippen LogP) is 2.45. The first kappa shape index (κ1) is 14.9. The number of rotatable bonds is 3. The lowest BCUT2D eigenvalue weighted by Gasteiger charge is -2.23. The topological polar surface area (TPSA) is 55.4 Å². The number of hydrogen-bond donors (Lipinski definition) is 0. The second-order valence-corrected chi connectivity index (χ2v) is 6.63. The Morgan fingerprint density at radius 3 is 2.96 bits per heavy atom. The highest BCUT2D eigenvalue weighted by atomic mass is 16.2. The number of pyridine rings is 1. The van der Waals surface area contributed by atoms with Crippen molar-refractivity contribution < 1.29 is 4.79 Å². The number of aryl methyl sites for hydroxylation is 2. The lowest BCUT2D eigenvalue weighted by atomic mass is 10.2. The van der Waals surface area contributed by atoms with E-state index in [1.54, 1.807) is 0 Å². The Morgan fingerprint density at radius 1 is 1.29 bits per heavy atom. The molecule has 4 heterocycles. The van der Waals surface area contributed by atoms with Gasteiger partial charge in [0.25, 0.3) is 5.91 Å². The number of fused-ring (bicyclic) bond motifs is 1. The minimum atomic E-state index is 0.0164. The molecule has 0 saturated carbocycles. The van der Waals surface area contributed by atoms with E-state index in [2.05, 4.69) is 10.1 Å². The second-order valence-electron chi connectivity index (χ2n) is 6.63. The zero-order valence-corrected chi connectivity index (χ0v) is 14.0. The molecule has 24 heavy (non-hydrogen) atoms. The van der Waals surface area contributed by atoms with Gasteiger partial charge in [-0.2, -0.15) is 5.10 Å². The number of carbonyl (C=O) groups excluding carboxylic acids is 1. The first-order chi connectivity index (χ1) is 11.6. The molecule has 1 fully saturated rings. The van der Waals surface area contributed by atoms with Crippen LogP contribution in [-0.2, 0) is 6.54 Å². The highest BCUT2D eigenvalue weighted by molar-refractivity contribution is 5.93. The van der Waals surface area contributed by atoms with Crippen LogP contribution in [0.5, 0.6) is 0 Å². The van der Waals surface area contributed by atoms with Crippen LogP contribution in [0, 0.1) is 13.8 Å². The molecule has 4 rings (SSSR count). The average Bonchev–Trinajstić information content (AvgIpc) is 3.26. The van der Waals surface area contributed by atoms with Crippen LogP contribution >= 0.6 is 0 Å². The molecule has 0 aromatic carbocycles. The lowest BCUT2D eigenvalue weighted by Crippen LogP contribution is -2.38. The van der Waals surface area contributed by atoms with E-state index in [1.165, 1.54) is 0 Å². The van der Waals surface area contributed by atoms with Crippen molar-refractivity contribution in [1.82, 2.24) is 24.1 Å². The summed E-state index contributed by atoms with van der Waals surface area (Å²) in [5.74, 6) is 0.0164. The van der Waals surface area contributed by atoms with Crippen molar-refractivity contribution in [2.75, 3.05) is 6.54 Å². The standard InChI is InChI=1S/C18H21N5O/c1-13-5-7-21-12-16(20-17(21)8-13)18(24)23-6-3-4-15(23)11-22-10-14(2)9-19-22/h5,7-10,12,15H,3-4,6,11H2,1-2H3/t15-/m0/s1. The van der Waals surface area contributed by atoms with E-state index in [-0.39, 0.29) is 11.9 Å². The number of likely N-dealkylation sites (tertiary alicyclic amines) is 1. The van der Waals surface area contributed by atoms with Crippen LogP contribution in [0.4, 0.5) is 0 Å². The first-order valence-corrected chi connectivity index (χ1v) is 8.35. The fourth-order valence-corrected chi connectivity index (χ4v) is 3.41. The number of hydrogen-bond acceptors (Lipinski definition) is 3. The van der Waals surface area contributed by atoms with Gasteiger partial charge in [0.05, 0.1) is 18.8 Å². The Bertz CT molecular complexity index is 894. The molecule has 3 aromatic rings. The summed E-state index contributed by atoms with van der Waals surface area (Å²) >= 11 is 0. The van der Waals surface area contributed by atoms with Crippen LogP contribution in [0.1, 0.15) is 34.5 Å². The Hall–Kier alpha value is -2.63. The van der Waals surface area contributed by atoms with E-state index < -0.39 is 0 Å². The smallest absolute Gasteiger partial charge is 0.274 e. The van der Waals surface area contributed by atoms with Gasteiger partial charge in [-0.1, -0.05) is 0 Å². The van der Waals surface area contributed by atoms with Crippen molar-refractivity contribution in [2.24, 2.45) is 0 Å². The minimum absolute atomic E-state index is 0.0164. The molecule has 1 saturated heterocycles. The van der Waals surface area contributed by atoms with Crippen molar-refractivity contribution >= 4 is 11.6 Å². The van der Waals surface area contributed by atoms with E-state index in [0.29, 0.717) is 5.69 Å². The fraction of sp³-hybridized carbons (Fsp3) is 0.389. The summed E-state index contributed by atoms with van der Waals surface area (Å²) in [4.78, 5) is 19.4. The van der Waals surface area contributed by atoms with Crippen LogP contribution in [0.2, 0.25) is 0 Å². The zero-order chi connectivity index (χ0) is 16.7. The third-order valence-corrected chi connectivity index (χ3v) is 4.63. The largest absolute Gasteiger partial charge is 0.332 e. The van der Waals surface area contributed by atoms with Gasteiger partial charge in [0.15, 0.2) is 0 Å². The summed E-state index contributed by atoms with van der Waals surface area (Å²) < 4.78 is 3.83. The molecule has 0 aliphatic carbocycles. The van der Waals surface area contributed by atoms with Gasteiger partial charge in [-0.3, -0.25) is 9.48 Å². The van der Waals surface area contributed by atoms with Gasteiger partial charge in [-0.15, -0.1) is 0 Å². The van der Waals surface area contributed by atoms with Crippen molar-refractivity contribution in [1.29, 1.82) is 0 Å². The van der Waals surface area contributed by atoms with Crippen LogP contribution in [0.25, 0.3) is 5.65 Å². The Morgan fingerprint density at radius 2 is 2.17 bits per heavy atom. The summed E-state index contributed by atoms with van der Waals surface area (Å²) in [5, 5.41) is 4.35. The van der Waals surface area contributed by atoms with Crippen LogP contribution in [-0.4, -0.2) is 42.6 Å². The maximum atomic E-state index is 12.9.